The fourth-order valence-electron chi connectivity index (χ4n) is 1.94. The zero-order valence-electron chi connectivity index (χ0n) is 12.6. The van der Waals surface area contributed by atoms with Crippen LogP contribution in [0, 0.1) is 0 Å². The van der Waals surface area contributed by atoms with Crippen LogP contribution < -0.4 is 15.2 Å². The molecule has 0 heterocycles. The van der Waals surface area contributed by atoms with E-state index in [0.717, 1.165) is 0 Å². The van der Waals surface area contributed by atoms with Gasteiger partial charge < -0.3 is 15.2 Å². The molecule has 0 aromatic heterocycles. The minimum atomic E-state index is -2.40. The van der Waals surface area contributed by atoms with E-state index in [9.17, 15) is 18.0 Å². The summed E-state index contributed by atoms with van der Waals surface area (Å²) in [6.45, 7) is -1.01. The standard InChI is InChI=1S/C17H16F3NO3/c18-10-9-13(19)16(20)24-14-8-4-7-12(17(21)22)15(14)23-11-5-2-1-3-6-11/h1-8,13,16H,9-10H2,(H2,21,22). The van der Waals surface area contributed by atoms with Crippen molar-refractivity contribution in [1.29, 1.82) is 0 Å². The largest absolute Gasteiger partial charge is 0.453 e. The first kappa shape index (κ1) is 17.7. The number of amides is 1. The Balaban J connectivity index is 2.33. The molecule has 0 bridgehead atoms. The van der Waals surface area contributed by atoms with Gasteiger partial charge in [-0.25, -0.2) is 4.39 Å². The van der Waals surface area contributed by atoms with E-state index in [4.69, 9.17) is 15.2 Å². The van der Waals surface area contributed by atoms with Crippen LogP contribution in [0.4, 0.5) is 13.2 Å². The average Bonchev–Trinajstić information content (AvgIpc) is 2.57. The summed E-state index contributed by atoms with van der Waals surface area (Å²) in [5.41, 5.74) is 5.23. The quantitative estimate of drug-likeness (QED) is 0.792. The van der Waals surface area contributed by atoms with Crippen molar-refractivity contribution in [2.75, 3.05) is 6.67 Å². The van der Waals surface area contributed by atoms with Crippen LogP contribution in [0.25, 0.3) is 0 Å². The summed E-state index contributed by atoms with van der Waals surface area (Å²) in [5, 5.41) is 0. The Labute approximate surface area is 137 Å². The molecule has 0 saturated carbocycles. The van der Waals surface area contributed by atoms with Crippen molar-refractivity contribution in [3.8, 4) is 17.2 Å². The molecule has 0 fully saturated rings. The van der Waals surface area contributed by atoms with Gasteiger partial charge in [-0.05, 0) is 24.3 Å². The van der Waals surface area contributed by atoms with Crippen LogP contribution in [0.5, 0.6) is 17.2 Å². The normalized spacial score (nSPS) is 13.1. The maximum absolute atomic E-state index is 13.8. The molecule has 0 saturated heterocycles. The topological polar surface area (TPSA) is 61.6 Å². The van der Waals surface area contributed by atoms with Gasteiger partial charge in [0.15, 0.2) is 17.7 Å². The van der Waals surface area contributed by atoms with E-state index in [2.05, 4.69) is 0 Å². The predicted octanol–water partition coefficient (Wildman–Crippen LogP) is 3.95. The Kier molecular flexibility index (Phi) is 6.06. The molecule has 1 amide bonds. The van der Waals surface area contributed by atoms with Crippen LogP contribution in [0.2, 0.25) is 0 Å². The number of ether oxygens (including phenoxy) is 2. The van der Waals surface area contributed by atoms with Gasteiger partial charge >= 0.3 is 0 Å². The molecule has 7 heteroatoms. The number of hydrogen-bond acceptors (Lipinski definition) is 3. The van der Waals surface area contributed by atoms with Crippen LogP contribution in [0.1, 0.15) is 16.8 Å². The third-order valence-corrected chi connectivity index (χ3v) is 3.12. The molecule has 2 aromatic rings. The Morgan fingerprint density at radius 3 is 2.42 bits per heavy atom. The molecular weight excluding hydrogens is 323 g/mol. The third kappa shape index (κ3) is 4.41. The number of hydrogen-bond donors (Lipinski definition) is 1. The molecule has 2 rings (SSSR count). The number of rotatable bonds is 8. The van der Waals surface area contributed by atoms with Gasteiger partial charge in [-0.2, -0.15) is 4.39 Å². The van der Waals surface area contributed by atoms with E-state index in [1.807, 2.05) is 0 Å². The lowest BCUT2D eigenvalue weighted by molar-refractivity contribution is -0.0124. The molecule has 2 atom stereocenters. The second-order valence-electron chi connectivity index (χ2n) is 4.87. The van der Waals surface area contributed by atoms with Gasteiger partial charge in [0.1, 0.15) is 5.75 Å². The summed E-state index contributed by atoms with van der Waals surface area (Å²) in [4.78, 5) is 11.6. The summed E-state index contributed by atoms with van der Waals surface area (Å²) in [6, 6.07) is 12.4. The van der Waals surface area contributed by atoms with Crippen molar-refractivity contribution < 1.29 is 27.4 Å². The Morgan fingerprint density at radius 2 is 1.79 bits per heavy atom. The van der Waals surface area contributed by atoms with Gasteiger partial charge in [0.25, 0.3) is 12.3 Å². The lowest BCUT2D eigenvalue weighted by Gasteiger charge is -2.18. The zero-order chi connectivity index (χ0) is 17.5. The monoisotopic (exact) mass is 339 g/mol. The van der Waals surface area contributed by atoms with Crippen LogP contribution in [0.15, 0.2) is 48.5 Å². The maximum atomic E-state index is 13.8. The summed E-state index contributed by atoms with van der Waals surface area (Å²) in [5.74, 6) is -0.801. The van der Waals surface area contributed by atoms with Gasteiger partial charge in [0.2, 0.25) is 0 Å². The first-order valence-corrected chi connectivity index (χ1v) is 7.19. The van der Waals surface area contributed by atoms with E-state index in [1.165, 1.54) is 18.2 Å². The molecule has 2 unspecified atom stereocenters. The lowest BCUT2D eigenvalue weighted by Crippen LogP contribution is -2.24. The highest BCUT2D eigenvalue weighted by Crippen LogP contribution is 2.36. The van der Waals surface area contributed by atoms with Crippen molar-refractivity contribution in [2.45, 2.75) is 19.0 Å². The van der Waals surface area contributed by atoms with E-state index in [1.54, 1.807) is 30.3 Å². The molecule has 128 valence electrons. The SMILES string of the molecule is NC(=O)c1cccc(OC(F)C(F)CCF)c1Oc1ccccc1. The molecule has 0 aliphatic rings. The number of carbonyl (C=O) groups is 1. The lowest BCUT2D eigenvalue weighted by atomic mass is 10.1. The number of carbonyl (C=O) groups excluding carboxylic acids is 1. The Hall–Kier alpha value is -2.70. The number of primary amides is 1. The molecule has 0 aliphatic heterocycles. The fourth-order valence-corrected chi connectivity index (χ4v) is 1.94. The van der Waals surface area contributed by atoms with Crippen LogP contribution in [0.3, 0.4) is 0 Å². The van der Waals surface area contributed by atoms with Gasteiger partial charge in [-0.15, -0.1) is 0 Å². The molecular formula is C17H16F3NO3. The van der Waals surface area contributed by atoms with E-state index in [-0.39, 0.29) is 17.1 Å². The smallest absolute Gasteiger partial charge is 0.269 e. The first-order valence-electron chi connectivity index (χ1n) is 7.19. The molecule has 24 heavy (non-hydrogen) atoms. The summed E-state index contributed by atoms with van der Waals surface area (Å²) >= 11 is 0. The number of alkyl halides is 3. The summed E-state index contributed by atoms with van der Waals surface area (Å²) < 4.78 is 49.8. The van der Waals surface area contributed by atoms with Crippen molar-refractivity contribution in [3.63, 3.8) is 0 Å². The number of halogens is 3. The fraction of sp³-hybridized carbons (Fsp3) is 0.235. The van der Waals surface area contributed by atoms with E-state index in [0.29, 0.717) is 5.75 Å². The van der Waals surface area contributed by atoms with Crippen LogP contribution >= 0.6 is 0 Å². The maximum Gasteiger partial charge on any atom is 0.269 e. The zero-order valence-corrected chi connectivity index (χ0v) is 12.6. The molecule has 0 spiro atoms. The highest BCUT2D eigenvalue weighted by molar-refractivity contribution is 5.96. The Morgan fingerprint density at radius 1 is 1.08 bits per heavy atom. The summed E-state index contributed by atoms with van der Waals surface area (Å²) in [7, 11) is 0. The van der Waals surface area contributed by atoms with Gasteiger partial charge in [-0.1, -0.05) is 24.3 Å². The van der Waals surface area contributed by atoms with Gasteiger partial charge in [-0.3, -0.25) is 9.18 Å². The second-order valence-corrected chi connectivity index (χ2v) is 4.87. The van der Waals surface area contributed by atoms with Crippen LogP contribution in [-0.4, -0.2) is 25.1 Å². The van der Waals surface area contributed by atoms with Crippen molar-refractivity contribution in [1.82, 2.24) is 0 Å². The number of para-hydroxylation sites is 2. The first-order chi connectivity index (χ1) is 11.5. The molecule has 4 nitrogen and oxygen atoms in total. The van der Waals surface area contributed by atoms with Crippen molar-refractivity contribution in [3.05, 3.63) is 54.1 Å². The van der Waals surface area contributed by atoms with Crippen LogP contribution in [-0.2, 0) is 0 Å². The number of nitrogens with two attached hydrogens (primary N) is 1. The van der Waals surface area contributed by atoms with E-state index < -0.39 is 31.5 Å². The van der Waals surface area contributed by atoms with Gasteiger partial charge in [0.05, 0.1) is 12.2 Å². The summed E-state index contributed by atoms with van der Waals surface area (Å²) in [6.07, 6.45) is -5.18. The van der Waals surface area contributed by atoms with Gasteiger partial charge in [0, 0.05) is 6.42 Å². The molecule has 2 N–H and O–H groups in total. The van der Waals surface area contributed by atoms with Crippen molar-refractivity contribution >= 4 is 5.91 Å². The minimum Gasteiger partial charge on any atom is -0.453 e. The minimum absolute atomic E-state index is 0.0514. The molecule has 2 aromatic carbocycles. The molecule has 0 aliphatic carbocycles. The number of benzene rings is 2. The van der Waals surface area contributed by atoms with E-state index >= 15 is 0 Å². The Bertz CT molecular complexity index is 682. The second kappa shape index (κ2) is 8.24. The highest BCUT2D eigenvalue weighted by Gasteiger charge is 2.25. The average molecular weight is 339 g/mol. The third-order valence-electron chi connectivity index (χ3n) is 3.12. The molecule has 0 radical (unpaired) electrons. The highest BCUT2D eigenvalue weighted by atomic mass is 19.2. The predicted molar refractivity (Wildman–Crippen MR) is 82.5 cm³/mol. The van der Waals surface area contributed by atoms with Crippen molar-refractivity contribution in [2.24, 2.45) is 5.73 Å².